The van der Waals surface area contributed by atoms with E-state index in [1.54, 1.807) is 11.3 Å². The Hall–Kier alpha value is -1.59. The van der Waals surface area contributed by atoms with E-state index >= 15 is 0 Å². The number of aliphatic hydroxyl groups excluding tert-OH is 1. The van der Waals surface area contributed by atoms with E-state index in [1.165, 1.54) is 4.70 Å². The van der Waals surface area contributed by atoms with Crippen molar-refractivity contribution in [2.24, 2.45) is 10.7 Å². The standard InChI is InChI=1S/C13H17N3OS/c1-2-15-13(14)16-8-10(17)12-7-9-5-3-4-6-11(9)18-12/h3-7,10,17H,2,8H2,1H3,(H3,14,15,16). The van der Waals surface area contributed by atoms with Crippen molar-refractivity contribution in [2.45, 2.75) is 13.0 Å². The van der Waals surface area contributed by atoms with Gasteiger partial charge in [-0.2, -0.15) is 0 Å². The van der Waals surface area contributed by atoms with Crippen molar-refractivity contribution in [1.29, 1.82) is 0 Å². The van der Waals surface area contributed by atoms with E-state index in [1.807, 2.05) is 37.3 Å². The summed E-state index contributed by atoms with van der Waals surface area (Å²) < 4.78 is 1.18. The van der Waals surface area contributed by atoms with Gasteiger partial charge >= 0.3 is 0 Å². The lowest BCUT2D eigenvalue weighted by atomic mass is 10.2. The van der Waals surface area contributed by atoms with Crippen LogP contribution in [0.1, 0.15) is 17.9 Å². The Balaban J connectivity index is 2.09. The first kappa shape index (κ1) is 12.9. The van der Waals surface area contributed by atoms with E-state index in [-0.39, 0.29) is 6.54 Å². The minimum atomic E-state index is -0.598. The molecule has 0 aliphatic heterocycles. The van der Waals surface area contributed by atoms with Crippen molar-refractivity contribution in [3.63, 3.8) is 0 Å². The molecule has 0 spiro atoms. The topological polar surface area (TPSA) is 70.6 Å². The molecule has 96 valence electrons. The Kier molecular flexibility index (Phi) is 4.17. The minimum absolute atomic E-state index is 0.283. The summed E-state index contributed by atoms with van der Waals surface area (Å²) in [5, 5.41) is 14.1. The number of hydrogen-bond donors (Lipinski definition) is 3. The van der Waals surface area contributed by atoms with Crippen LogP contribution in [0.4, 0.5) is 0 Å². The average molecular weight is 263 g/mol. The van der Waals surface area contributed by atoms with Gasteiger partial charge in [0.15, 0.2) is 5.96 Å². The molecular weight excluding hydrogens is 246 g/mol. The van der Waals surface area contributed by atoms with Crippen LogP contribution in [0.5, 0.6) is 0 Å². The van der Waals surface area contributed by atoms with E-state index < -0.39 is 6.10 Å². The van der Waals surface area contributed by atoms with E-state index in [9.17, 15) is 5.11 Å². The molecule has 0 radical (unpaired) electrons. The molecule has 2 rings (SSSR count). The average Bonchev–Trinajstić information content (AvgIpc) is 2.80. The highest BCUT2D eigenvalue weighted by atomic mass is 32.1. The normalized spacial score (nSPS) is 13.8. The summed E-state index contributed by atoms with van der Waals surface area (Å²) in [6, 6.07) is 10.1. The molecular formula is C13H17N3OS. The molecule has 18 heavy (non-hydrogen) atoms. The largest absolute Gasteiger partial charge is 0.386 e. The zero-order valence-electron chi connectivity index (χ0n) is 10.3. The van der Waals surface area contributed by atoms with Crippen molar-refractivity contribution in [2.75, 3.05) is 13.1 Å². The van der Waals surface area contributed by atoms with Crippen LogP contribution >= 0.6 is 11.3 Å². The summed E-state index contributed by atoms with van der Waals surface area (Å²) in [6.45, 7) is 2.96. The minimum Gasteiger partial charge on any atom is -0.386 e. The zero-order valence-corrected chi connectivity index (χ0v) is 11.1. The highest BCUT2D eigenvalue weighted by Crippen LogP contribution is 2.29. The van der Waals surface area contributed by atoms with Gasteiger partial charge in [-0.1, -0.05) is 18.2 Å². The first-order chi connectivity index (χ1) is 8.70. The van der Waals surface area contributed by atoms with Crippen molar-refractivity contribution < 1.29 is 5.11 Å². The second-order valence-corrected chi connectivity index (χ2v) is 5.07. The summed E-state index contributed by atoms with van der Waals surface area (Å²) in [4.78, 5) is 5.02. The van der Waals surface area contributed by atoms with E-state index in [4.69, 9.17) is 5.73 Å². The number of thiophene rings is 1. The molecule has 1 heterocycles. The molecule has 0 aliphatic rings. The Morgan fingerprint density at radius 3 is 3.00 bits per heavy atom. The molecule has 1 aromatic heterocycles. The molecule has 0 aliphatic carbocycles. The van der Waals surface area contributed by atoms with Gasteiger partial charge in [0, 0.05) is 16.1 Å². The second-order valence-electron chi connectivity index (χ2n) is 3.96. The van der Waals surface area contributed by atoms with Gasteiger partial charge in [-0.05, 0) is 24.4 Å². The Morgan fingerprint density at radius 2 is 2.28 bits per heavy atom. The van der Waals surface area contributed by atoms with Gasteiger partial charge in [-0.15, -0.1) is 11.3 Å². The fourth-order valence-corrected chi connectivity index (χ4v) is 2.72. The number of fused-ring (bicyclic) bond motifs is 1. The van der Waals surface area contributed by atoms with E-state index in [0.29, 0.717) is 5.96 Å². The maximum Gasteiger partial charge on any atom is 0.188 e. The van der Waals surface area contributed by atoms with Gasteiger partial charge in [-0.3, -0.25) is 4.99 Å². The quantitative estimate of drug-likeness (QED) is 0.582. The van der Waals surface area contributed by atoms with Gasteiger partial charge in [0.1, 0.15) is 6.10 Å². The smallest absolute Gasteiger partial charge is 0.188 e. The number of benzene rings is 1. The lowest BCUT2D eigenvalue weighted by molar-refractivity contribution is 0.191. The molecule has 1 atom stereocenters. The monoisotopic (exact) mass is 263 g/mol. The number of aliphatic hydroxyl groups is 1. The SMILES string of the molecule is CCNC(N)=NCC(O)c1cc2ccccc2s1. The molecule has 0 amide bonds. The summed E-state index contributed by atoms with van der Waals surface area (Å²) in [5.74, 6) is 0.373. The fraction of sp³-hybridized carbons (Fsp3) is 0.308. The van der Waals surface area contributed by atoms with Crippen LogP contribution in [0, 0.1) is 0 Å². The van der Waals surface area contributed by atoms with Gasteiger partial charge in [0.25, 0.3) is 0 Å². The van der Waals surface area contributed by atoms with Crippen LogP contribution in [-0.2, 0) is 0 Å². The van der Waals surface area contributed by atoms with Crippen LogP contribution in [0.2, 0.25) is 0 Å². The molecule has 1 aromatic carbocycles. The Bertz CT molecular complexity index is 517. The third-order valence-electron chi connectivity index (χ3n) is 2.57. The molecule has 0 fully saturated rings. The van der Waals surface area contributed by atoms with Crippen LogP contribution < -0.4 is 11.1 Å². The summed E-state index contributed by atoms with van der Waals surface area (Å²) in [7, 11) is 0. The maximum atomic E-state index is 10.1. The molecule has 4 nitrogen and oxygen atoms in total. The van der Waals surface area contributed by atoms with Gasteiger partial charge < -0.3 is 16.2 Å². The third-order valence-corrected chi connectivity index (χ3v) is 3.78. The number of nitrogens with zero attached hydrogens (tertiary/aromatic N) is 1. The highest BCUT2D eigenvalue weighted by molar-refractivity contribution is 7.19. The number of nitrogens with one attached hydrogen (secondary N) is 1. The second kappa shape index (κ2) is 5.84. The maximum absolute atomic E-state index is 10.1. The van der Waals surface area contributed by atoms with Gasteiger partial charge in [0.05, 0.1) is 6.54 Å². The lowest BCUT2D eigenvalue weighted by Gasteiger charge is -2.06. The molecule has 4 N–H and O–H groups in total. The van der Waals surface area contributed by atoms with Crippen molar-refractivity contribution >= 4 is 27.4 Å². The predicted octanol–water partition coefficient (Wildman–Crippen LogP) is 1.86. The van der Waals surface area contributed by atoms with Crippen molar-refractivity contribution in [3.05, 3.63) is 35.2 Å². The summed E-state index contributed by atoms with van der Waals surface area (Å²) in [6.07, 6.45) is -0.598. The molecule has 1 unspecified atom stereocenters. The van der Waals surface area contributed by atoms with Crippen LogP contribution in [0.15, 0.2) is 35.3 Å². The number of rotatable bonds is 4. The molecule has 0 saturated heterocycles. The highest BCUT2D eigenvalue weighted by Gasteiger charge is 2.10. The van der Waals surface area contributed by atoms with Crippen molar-refractivity contribution in [3.8, 4) is 0 Å². The Labute approximate surface area is 110 Å². The van der Waals surface area contributed by atoms with E-state index in [2.05, 4.69) is 10.3 Å². The fourth-order valence-electron chi connectivity index (χ4n) is 1.68. The van der Waals surface area contributed by atoms with Crippen LogP contribution in [-0.4, -0.2) is 24.2 Å². The van der Waals surface area contributed by atoms with Gasteiger partial charge in [-0.25, -0.2) is 0 Å². The number of hydrogen-bond acceptors (Lipinski definition) is 3. The van der Waals surface area contributed by atoms with E-state index in [0.717, 1.165) is 16.8 Å². The zero-order chi connectivity index (χ0) is 13.0. The molecule has 0 saturated carbocycles. The third kappa shape index (κ3) is 3.00. The molecule has 2 aromatic rings. The van der Waals surface area contributed by atoms with Crippen molar-refractivity contribution in [1.82, 2.24) is 5.32 Å². The molecule has 0 bridgehead atoms. The summed E-state index contributed by atoms with van der Waals surface area (Å²) in [5.41, 5.74) is 5.62. The predicted molar refractivity (Wildman–Crippen MR) is 77.0 cm³/mol. The number of aliphatic imine (C=N–C) groups is 1. The van der Waals surface area contributed by atoms with Crippen LogP contribution in [0.25, 0.3) is 10.1 Å². The molecule has 5 heteroatoms. The number of nitrogens with two attached hydrogens (primary N) is 1. The summed E-state index contributed by atoms with van der Waals surface area (Å²) >= 11 is 1.59. The lowest BCUT2D eigenvalue weighted by Crippen LogP contribution is -2.31. The first-order valence-electron chi connectivity index (χ1n) is 5.91. The number of guanidine groups is 1. The van der Waals surface area contributed by atoms with Gasteiger partial charge in [0.2, 0.25) is 0 Å². The van der Waals surface area contributed by atoms with Crippen LogP contribution in [0.3, 0.4) is 0 Å². The Morgan fingerprint density at radius 1 is 1.50 bits per heavy atom. The first-order valence-corrected chi connectivity index (χ1v) is 6.72.